The van der Waals surface area contributed by atoms with Crippen LogP contribution in [0.3, 0.4) is 0 Å². The molecule has 0 saturated carbocycles. The first-order chi connectivity index (χ1) is 13.6. The number of amides is 2. The predicted octanol–water partition coefficient (Wildman–Crippen LogP) is 2.46. The number of benzene rings is 2. The van der Waals surface area contributed by atoms with Crippen LogP contribution in [-0.2, 0) is 9.59 Å². The number of hydrogen-bond donors (Lipinski definition) is 3. The van der Waals surface area contributed by atoms with E-state index in [9.17, 15) is 9.59 Å². The Hall–Kier alpha value is -2.39. The molecule has 7 nitrogen and oxygen atoms in total. The molecular formula is C19H18ClN5O2S. The fourth-order valence-corrected chi connectivity index (χ4v) is 4.09. The van der Waals surface area contributed by atoms with Gasteiger partial charge in [-0.1, -0.05) is 53.7 Å². The van der Waals surface area contributed by atoms with Crippen molar-refractivity contribution in [3.05, 3.63) is 59.6 Å². The Morgan fingerprint density at radius 3 is 2.75 bits per heavy atom. The molecule has 144 valence electrons. The van der Waals surface area contributed by atoms with Crippen LogP contribution < -0.4 is 21.1 Å². The maximum Gasteiger partial charge on any atom is 0.241 e. The van der Waals surface area contributed by atoms with Crippen LogP contribution in [0.25, 0.3) is 0 Å². The SMILES string of the molecule is O=C(CSC1=NC2NNCC2C(=O)N1c1ccccc1)Nc1ccccc1Cl. The molecule has 2 aromatic carbocycles. The lowest BCUT2D eigenvalue weighted by molar-refractivity contribution is -0.121. The minimum absolute atomic E-state index is 0.0438. The normalized spacial score (nSPS) is 21.2. The summed E-state index contributed by atoms with van der Waals surface area (Å²) in [5.74, 6) is -0.439. The summed E-state index contributed by atoms with van der Waals surface area (Å²) in [7, 11) is 0. The van der Waals surface area contributed by atoms with Crippen LogP contribution in [0.4, 0.5) is 11.4 Å². The van der Waals surface area contributed by atoms with Gasteiger partial charge in [-0.05, 0) is 24.3 Å². The Bertz CT molecular complexity index is 924. The molecule has 2 aliphatic rings. The lowest BCUT2D eigenvalue weighted by atomic mass is 10.1. The maximum absolute atomic E-state index is 13.0. The first-order valence-corrected chi connectivity index (χ1v) is 10.1. The highest BCUT2D eigenvalue weighted by Gasteiger charge is 2.42. The van der Waals surface area contributed by atoms with Crippen LogP contribution in [0.1, 0.15) is 0 Å². The lowest BCUT2D eigenvalue weighted by Gasteiger charge is -2.32. The van der Waals surface area contributed by atoms with E-state index in [4.69, 9.17) is 11.6 Å². The van der Waals surface area contributed by atoms with Gasteiger partial charge in [0.15, 0.2) is 5.17 Å². The molecule has 0 spiro atoms. The number of thioether (sulfide) groups is 1. The smallest absolute Gasteiger partial charge is 0.241 e. The van der Waals surface area contributed by atoms with Crippen LogP contribution in [0, 0.1) is 5.92 Å². The van der Waals surface area contributed by atoms with Gasteiger partial charge < -0.3 is 5.32 Å². The second kappa shape index (κ2) is 8.32. The highest BCUT2D eigenvalue weighted by molar-refractivity contribution is 8.14. The average molecular weight is 416 g/mol. The van der Waals surface area contributed by atoms with E-state index in [0.717, 1.165) is 5.69 Å². The van der Waals surface area contributed by atoms with Crippen molar-refractivity contribution >= 4 is 51.7 Å². The Balaban J connectivity index is 1.51. The number of rotatable bonds is 4. The molecule has 1 fully saturated rings. The molecule has 9 heteroatoms. The molecule has 0 aliphatic carbocycles. The second-order valence-corrected chi connectivity index (χ2v) is 7.66. The van der Waals surface area contributed by atoms with Crippen molar-refractivity contribution in [1.29, 1.82) is 0 Å². The first kappa shape index (κ1) is 18.9. The summed E-state index contributed by atoms with van der Waals surface area (Å²) in [6.07, 6.45) is -0.332. The van der Waals surface area contributed by atoms with E-state index < -0.39 is 0 Å². The van der Waals surface area contributed by atoms with Crippen molar-refractivity contribution in [2.45, 2.75) is 6.17 Å². The van der Waals surface area contributed by atoms with Gasteiger partial charge in [-0.2, -0.15) is 0 Å². The zero-order chi connectivity index (χ0) is 19.5. The third kappa shape index (κ3) is 3.90. The number of carbonyl (C=O) groups excluding carboxylic acids is 2. The second-order valence-electron chi connectivity index (χ2n) is 6.31. The van der Waals surface area contributed by atoms with Crippen molar-refractivity contribution in [2.24, 2.45) is 10.9 Å². The van der Waals surface area contributed by atoms with Gasteiger partial charge in [0.25, 0.3) is 0 Å². The molecule has 2 amide bonds. The molecule has 2 heterocycles. The molecule has 1 saturated heterocycles. The van der Waals surface area contributed by atoms with Gasteiger partial charge in [0.05, 0.1) is 28.1 Å². The standard InChI is InChI=1S/C19H18ClN5O2S/c20-14-8-4-5-9-15(14)22-16(26)11-28-19-23-17-13(10-21-24-17)18(27)25(19)12-6-2-1-3-7-12/h1-9,13,17,21,24H,10-11H2,(H,22,26). The molecule has 4 rings (SSSR count). The highest BCUT2D eigenvalue weighted by Crippen LogP contribution is 2.29. The summed E-state index contributed by atoms with van der Waals surface area (Å²) in [6, 6.07) is 16.4. The average Bonchev–Trinajstić information content (AvgIpc) is 3.18. The van der Waals surface area contributed by atoms with E-state index in [-0.39, 0.29) is 29.7 Å². The Labute approximate surface area is 171 Å². The number of carbonyl (C=O) groups is 2. The fourth-order valence-electron chi connectivity index (χ4n) is 3.06. The third-order valence-corrected chi connectivity index (χ3v) is 5.71. The lowest BCUT2D eigenvalue weighted by Crippen LogP contribution is -2.49. The molecule has 28 heavy (non-hydrogen) atoms. The molecule has 2 unspecified atom stereocenters. The number of nitrogens with one attached hydrogen (secondary N) is 3. The maximum atomic E-state index is 13.0. The zero-order valence-corrected chi connectivity index (χ0v) is 16.3. The van der Waals surface area contributed by atoms with Crippen molar-refractivity contribution in [1.82, 2.24) is 10.9 Å². The summed E-state index contributed by atoms with van der Waals surface area (Å²) >= 11 is 7.31. The zero-order valence-electron chi connectivity index (χ0n) is 14.8. The number of anilines is 2. The van der Waals surface area contributed by atoms with Crippen molar-refractivity contribution < 1.29 is 9.59 Å². The number of amidine groups is 1. The molecule has 0 radical (unpaired) electrons. The topological polar surface area (TPSA) is 85.8 Å². The summed E-state index contributed by atoms with van der Waals surface area (Å²) in [5, 5.41) is 3.75. The predicted molar refractivity (Wildman–Crippen MR) is 112 cm³/mol. The number of aliphatic imine (C=N–C) groups is 1. The van der Waals surface area contributed by atoms with Crippen LogP contribution in [0.5, 0.6) is 0 Å². The molecular weight excluding hydrogens is 398 g/mol. The summed E-state index contributed by atoms with van der Waals surface area (Å²) in [6.45, 7) is 0.515. The van der Waals surface area contributed by atoms with E-state index in [2.05, 4.69) is 21.2 Å². The van der Waals surface area contributed by atoms with Crippen LogP contribution in [-0.4, -0.2) is 35.4 Å². The largest absolute Gasteiger partial charge is 0.324 e. The number of hydrazine groups is 1. The van der Waals surface area contributed by atoms with Gasteiger partial charge in [0.1, 0.15) is 6.17 Å². The van der Waals surface area contributed by atoms with E-state index in [1.165, 1.54) is 11.8 Å². The number of para-hydroxylation sites is 2. The van der Waals surface area contributed by atoms with Gasteiger partial charge in [-0.15, -0.1) is 0 Å². The van der Waals surface area contributed by atoms with E-state index in [1.807, 2.05) is 30.3 Å². The third-order valence-electron chi connectivity index (χ3n) is 4.43. The van der Waals surface area contributed by atoms with Crippen LogP contribution in [0.15, 0.2) is 59.6 Å². The summed E-state index contributed by atoms with van der Waals surface area (Å²) in [5.41, 5.74) is 7.28. The fraction of sp³-hybridized carbons (Fsp3) is 0.211. The van der Waals surface area contributed by atoms with Crippen LogP contribution in [0.2, 0.25) is 5.02 Å². The summed E-state index contributed by atoms with van der Waals surface area (Å²) < 4.78 is 0. The number of halogens is 1. The van der Waals surface area contributed by atoms with E-state index >= 15 is 0 Å². The quantitative estimate of drug-likeness (QED) is 0.714. The Morgan fingerprint density at radius 1 is 1.21 bits per heavy atom. The molecule has 0 aromatic heterocycles. The Kier molecular flexibility index (Phi) is 5.63. The van der Waals surface area contributed by atoms with Gasteiger partial charge in [-0.25, -0.2) is 10.4 Å². The molecule has 3 N–H and O–H groups in total. The number of fused-ring (bicyclic) bond motifs is 1. The number of hydrogen-bond acceptors (Lipinski definition) is 6. The number of nitrogens with zero attached hydrogens (tertiary/aromatic N) is 2. The summed E-state index contributed by atoms with van der Waals surface area (Å²) in [4.78, 5) is 31.7. The van der Waals surface area contributed by atoms with Gasteiger partial charge >= 0.3 is 0 Å². The monoisotopic (exact) mass is 415 g/mol. The van der Waals surface area contributed by atoms with E-state index in [0.29, 0.717) is 22.4 Å². The minimum Gasteiger partial charge on any atom is -0.324 e. The van der Waals surface area contributed by atoms with Gasteiger partial charge in [-0.3, -0.25) is 19.9 Å². The molecule has 2 atom stereocenters. The van der Waals surface area contributed by atoms with Crippen molar-refractivity contribution in [2.75, 3.05) is 22.5 Å². The molecule has 0 bridgehead atoms. The van der Waals surface area contributed by atoms with E-state index in [1.54, 1.807) is 29.2 Å². The molecule has 2 aliphatic heterocycles. The first-order valence-electron chi connectivity index (χ1n) is 8.76. The van der Waals surface area contributed by atoms with Crippen molar-refractivity contribution in [3.63, 3.8) is 0 Å². The van der Waals surface area contributed by atoms with Gasteiger partial charge in [0.2, 0.25) is 11.8 Å². The van der Waals surface area contributed by atoms with Gasteiger partial charge in [0, 0.05) is 6.54 Å². The minimum atomic E-state index is -0.332. The molecule has 2 aromatic rings. The van der Waals surface area contributed by atoms with Crippen LogP contribution >= 0.6 is 23.4 Å². The Morgan fingerprint density at radius 2 is 1.96 bits per heavy atom. The van der Waals surface area contributed by atoms with Crippen molar-refractivity contribution in [3.8, 4) is 0 Å². The highest BCUT2D eigenvalue weighted by atomic mass is 35.5.